The Morgan fingerprint density at radius 2 is 1.62 bits per heavy atom. The SMILES string of the molecule is CC(C)N1CC2N(C(=O)C(NC(=O)C3CC3)CN2S(=O)(=O)c2ccc(Cl)cc2Cl)C(Cc2ccc(Cl)cc2)C1=O. The normalized spacial score (nSPS) is 23.9. The van der Waals surface area contributed by atoms with Crippen LogP contribution in [0, 0.1) is 5.92 Å². The van der Waals surface area contributed by atoms with Crippen molar-refractivity contribution in [3.8, 4) is 0 Å². The Hall–Kier alpha value is -2.37. The van der Waals surface area contributed by atoms with Gasteiger partial charge in [0.05, 0.1) is 11.6 Å². The first-order valence-corrected chi connectivity index (χ1v) is 15.6. The van der Waals surface area contributed by atoms with Crippen molar-refractivity contribution in [1.29, 1.82) is 0 Å². The Kier molecular flexibility index (Phi) is 8.11. The van der Waals surface area contributed by atoms with Crippen LogP contribution in [0.5, 0.6) is 0 Å². The molecular weight excluding hydrogens is 599 g/mol. The molecule has 3 unspecified atom stereocenters. The van der Waals surface area contributed by atoms with Crippen molar-refractivity contribution in [2.45, 2.75) is 62.3 Å². The summed E-state index contributed by atoms with van der Waals surface area (Å²) >= 11 is 18.4. The number of carbonyl (C=O) groups is 3. The van der Waals surface area contributed by atoms with Gasteiger partial charge >= 0.3 is 0 Å². The van der Waals surface area contributed by atoms with Crippen LogP contribution in [0.1, 0.15) is 32.3 Å². The summed E-state index contributed by atoms with van der Waals surface area (Å²) in [5.74, 6) is -1.31. The second-order valence-corrected chi connectivity index (χ2v) is 13.8. The highest BCUT2D eigenvalue weighted by Crippen LogP contribution is 2.36. The van der Waals surface area contributed by atoms with Gasteiger partial charge in [-0.25, -0.2) is 8.42 Å². The van der Waals surface area contributed by atoms with Gasteiger partial charge in [-0.1, -0.05) is 46.9 Å². The summed E-state index contributed by atoms with van der Waals surface area (Å²) in [6.45, 7) is 3.34. The molecule has 13 heteroatoms. The van der Waals surface area contributed by atoms with Crippen molar-refractivity contribution >= 4 is 62.5 Å². The van der Waals surface area contributed by atoms with E-state index in [1.54, 1.807) is 29.2 Å². The van der Waals surface area contributed by atoms with Crippen LogP contribution in [0.15, 0.2) is 47.4 Å². The molecule has 0 radical (unpaired) electrons. The Morgan fingerprint density at radius 3 is 2.23 bits per heavy atom. The first kappa shape index (κ1) is 29.1. The third-order valence-corrected chi connectivity index (χ3v) is 10.4. The zero-order valence-electron chi connectivity index (χ0n) is 21.9. The van der Waals surface area contributed by atoms with Gasteiger partial charge in [-0.3, -0.25) is 14.4 Å². The molecule has 1 aliphatic carbocycles. The molecule has 2 saturated heterocycles. The predicted molar refractivity (Wildman–Crippen MR) is 151 cm³/mol. The number of hydrogen-bond acceptors (Lipinski definition) is 5. The fourth-order valence-corrected chi connectivity index (χ4v) is 7.73. The lowest BCUT2D eigenvalue weighted by molar-refractivity contribution is -0.169. The maximum absolute atomic E-state index is 14.1. The fraction of sp³-hybridized carbons (Fsp3) is 0.444. The molecule has 40 heavy (non-hydrogen) atoms. The molecule has 1 N–H and O–H groups in total. The average molecular weight is 628 g/mol. The van der Waals surface area contributed by atoms with E-state index in [2.05, 4.69) is 5.32 Å². The van der Waals surface area contributed by atoms with Gasteiger partial charge in [-0.15, -0.1) is 0 Å². The molecule has 2 aliphatic heterocycles. The minimum atomic E-state index is -4.30. The van der Waals surface area contributed by atoms with Gasteiger partial charge in [0.2, 0.25) is 27.7 Å². The lowest BCUT2D eigenvalue weighted by atomic mass is 9.96. The van der Waals surface area contributed by atoms with Crippen molar-refractivity contribution in [3.63, 3.8) is 0 Å². The van der Waals surface area contributed by atoms with E-state index in [1.807, 2.05) is 13.8 Å². The molecule has 214 valence electrons. The van der Waals surface area contributed by atoms with Gasteiger partial charge < -0.3 is 15.1 Å². The highest BCUT2D eigenvalue weighted by molar-refractivity contribution is 7.89. The molecule has 1 saturated carbocycles. The van der Waals surface area contributed by atoms with Crippen LogP contribution >= 0.6 is 34.8 Å². The summed E-state index contributed by atoms with van der Waals surface area (Å²) in [7, 11) is -4.30. The van der Waals surface area contributed by atoms with Gasteiger partial charge in [0.25, 0.3) is 0 Å². The van der Waals surface area contributed by atoms with Crippen LogP contribution in [-0.4, -0.2) is 77.6 Å². The highest BCUT2D eigenvalue weighted by atomic mass is 35.5. The minimum Gasteiger partial charge on any atom is -0.343 e. The number of sulfonamides is 1. The smallest absolute Gasteiger partial charge is 0.248 e. The van der Waals surface area contributed by atoms with E-state index >= 15 is 0 Å². The first-order chi connectivity index (χ1) is 18.9. The number of nitrogens with one attached hydrogen (secondary N) is 1. The maximum atomic E-state index is 14.1. The highest BCUT2D eigenvalue weighted by Gasteiger charge is 2.54. The quantitative estimate of drug-likeness (QED) is 0.505. The molecule has 2 aromatic carbocycles. The Morgan fingerprint density at radius 1 is 0.975 bits per heavy atom. The summed E-state index contributed by atoms with van der Waals surface area (Å²) in [6, 6.07) is 8.56. The number of nitrogens with zero attached hydrogens (tertiary/aromatic N) is 3. The van der Waals surface area contributed by atoms with E-state index < -0.39 is 34.2 Å². The maximum Gasteiger partial charge on any atom is 0.248 e. The summed E-state index contributed by atoms with van der Waals surface area (Å²) < 4.78 is 29.5. The van der Waals surface area contributed by atoms with E-state index in [1.165, 1.54) is 27.4 Å². The van der Waals surface area contributed by atoms with Crippen molar-refractivity contribution in [2.75, 3.05) is 13.1 Å². The monoisotopic (exact) mass is 626 g/mol. The predicted octanol–water partition coefficient (Wildman–Crippen LogP) is 3.56. The first-order valence-electron chi connectivity index (χ1n) is 13.0. The second kappa shape index (κ2) is 11.1. The molecule has 3 aliphatic rings. The van der Waals surface area contributed by atoms with E-state index in [0.29, 0.717) is 17.9 Å². The van der Waals surface area contributed by atoms with Crippen molar-refractivity contribution in [3.05, 3.63) is 63.1 Å². The molecule has 0 spiro atoms. The second-order valence-electron chi connectivity index (χ2n) is 10.6. The van der Waals surface area contributed by atoms with Gasteiger partial charge in [0.1, 0.15) is 23.1 Å². The van der Waals surface area contributed by atoms with Crippen molar-refractivity contribution < 1.29 is 22.8 Å². The standard InChI is InChI=1S/C27H29Cl3N4O5S/c1-15(2)32-14-24-33(40(38,39)23-10-9-19(29)12-20(23)30)13-21(31-25(35)17-5-6-17)26(36)34(24)22(27(32)37)11-16-3-7-18(28)8-4-16/h3-4,7-10,12,15,17,21-22,24H,5-6,11,13-14H2,1-2H3,(H,31,35). The van der Waals surface area contributed by atoms with Gasteiger partial charge in [0, 0.05) is 35.0 Å². The molecule has 0 aromatic heterocycles. The number of benzene rings is 2. The number of halogens is 3. The van der Waals surface area contributed by atoms with Crippen LogP contribution in [0.2, 0.25) is 15.1 Å². The summed E-state index contributed by atoms with van der Waals surface area (Å²) in [5, 5.41) is 3.47. The lowest BCUT2D eigenvalue weighted by Crippen LogP contribution is -2.76. The molecule has 3 fully saturated rings. The molecule has 0 bridgehead atoms. The van der Waals surface area contributed by atoms with Gasteiger partial charge in [-0.05, 0) is 62.6 Å². The fourth-order valence-electron chi connectivity index (χ4n) is 5.27. The zero-order valence-corrected chi connectivity index (χ0v) is 25.0. The summed E-state index contributed by atoms with van der Waals surface area (Å²) in [5.41, 5.74) is 0.749. The number of amides is 3. The van der Waals surface area contributed by atoms with Crippen LogP contribution in [-0.2, 0) is 30.8 Å². The molecule has 2 aromatic rings. The molecule has 3 amide bonds. The van der Waals surface area contributed by atoms with Crippen LogP contribution in [0.3, 0.4) is 0 Å². The number of rotatable bonds is 7. The largest absolute Gasteiger partial charge is 0.343 e. The molecular formula is C27H29Cl3N4O5S. The number of carbonyl (C=O) groups excluding carboxylic acids is 3. The van der Waals surface area contributed by atoms with E-state index in [0.717, 1.165) is 5.56 Å². The minimum absolute atomic E-state index is 0.0346. The average Bonchev–Trinajstić information content (AvgIpc) is 3.73. The van der Waals surface area contributed by atoms with Crippen LogP contribution < -0.4 is 5.32 Å². The van der Waals surface area contributed by atoms with E-state index in [4.69, 9.17) is 34.8 Å². The third kappa shape index (κ3) is 5.56. The molecule has 9 nitrogen and oxygen atoms in total. The summed E-state index contributed by atoms with van der Waals surface area (Å²) in [4.78, 5) is 43.3. The summed E-state index contributed by atoms with van der Waals surface area (Å²) in [6.07, 6.45) is 0.543. The molecule has 5 rings (SSSR count). The van der Waals surface area contributed by atoms with Gasteiger partial charge in [0.15, 0.2) is 0 Å². The zero-order chi connectivity index (χ0) is 28.9. The lowest BCUT2D eigenvalue weighted by Gasteiger charge is -2.54. The Bertz CT molecular complexity index is 1450. The van der Waals surface area contributed by atoms with Crippen LogP contribution in [0.25, 0.3) is 0 Å². The Balaban J connectivity index is 1.60. The molecule has 3 atom stereocenters. The van der Waals surface area contributed by atoms with Crippen molar-refractivity contribution in [1.82, 2.24) is 19.4 Å². The number of hydrogen-bond donors (Lipinski definition) is 1. The van der Waals surface area contributed by atoms with E-state index in [-0.39, 0.29) is 58.2 Å². The van der Waals surface area contributed by atoms with Crippen molar-refractivity contribution in [2.24, 2.45) is 5.92 Å². The third-order valence-electron chi connectivity index (χ3n) is 7.54. The topological polar surface area (TPSA) is 107 Å². The Labute approximate surface area is 248 Å². The number of fused-ring (bicyclic) bond motifs is 1. The van der Waals surface area contributed by atoms with Gasteiger partial charge in [-0.2, -0.15) is 4.31 Å². The molecule has 2 heterocycles. The van der Waals surface area contributed by atoms with Crippen LogP contribution in [0.4, 0.5) is 0 Å². The van der Waals surface area contributed by atoms with E-state index in [9.17, 15) is 22.8 Å². The number of piperazine rings is 1.